The van der Waals surface area contributed by atoms with Crippen LogP contribution in [0.2, 0.25) is 0 Å². The van der Waals surface area contributed by atoms with Gasteiger partial charge in [0.1, 0.15) is 0 Å². The molecule has 0 saturated carbocycles. The quantitative estimate of drug-likeness (QED) is 0.839. The van der Waals surface area contributed by atoms with Gasteiger partial charge in [0.15, 0.2) is 0 Å². The summed E-state index contributed by atoms with van der Waals surface area (Å²) in [5.41, 5.74) is 1.28. The average Bonchev–Trinajstić information content (AvgIpc) is 2.56. The van der Waals surface area contributed by atoms with Crippen molar-refractivity contribution in [3.8, 4) is 0 Å². The molecule has 2 aliphatic heterocycles. The van der Waals surface area contributed by atoms with E-state index in [0.29, 0.717) is 25.6 Å². The first kappa shape index (κ1) is 16.9. The first-order chi connectivity index (χ1) is 11.0. The molecule has 0 aromatic heterocycles. The van der Waals surface area contributed by atoms with Crippen LogP contribution in [0.4, 0.5) is 0 Å². The van der Waals surface area contributed by atoms with Crippen LogP contribution in [-0.2, 0) is 14.8 Å². The summed E-state index contributed by atoms with van der Waals surface area (Å²) in [6, 6.07) is 10.7. The van der Waals surface area contributed by atoms with E-state index in [2.05, 4.69) is 29.2 Å². The molecule has 6 heteroatoms. The summed E-state index contributed by atoms with van der Waals surface area (Å²) in [4.78, 5) is 2.47. The first-order valence-corrected chi connectivity index (χ1v) is 10.2. The molecule has 0 N–H and O–H groups in total. The maximum absolute atomic E-state index is 11.8. The second kappa shape index (κ2) is 7.30. The fourth-order valence-electron chi connectivity index (χ4n) is 3.65. The van der Waals surface area contributed by atoms with E-state index in [1.807, 2.05) is 6.07 Å². The molecule has 1 aromatic rings. The summed E-state index contributed by atoms with van der Waals surface area (Å²) in [6.07, 6.45) is 3.37. The maximum atomic E-state index is 11.8. The van der Waals surface area contributed by atoms with Gasteiger partial charge in [0.25, 0.3) is 0 Å². The molecule has 2 saturated heterocycles. The SMILES string of the molecule is CS(=O)(=O)N1CCC[C@H](CN2CCOC[C@@H]2c2ccccc2)C1. The predicted molar refractivity (Wildman–Crippen MR) is 90.7 cm³/mol. The highest BCUT2D eigenvalue weighted by Crippen LogP contribution is 2.27. The van der Waals surface area contributed by atoms with E-state index in [-0.39, 0.29) is 6.04 Å². The third-order valence-electron chi connectivity index (χ3n) is 4.87. The molecule has 5 nitrogen and oxygen atoms in total. The molecular weight excluding hydrogens is 312 g/mol. The van der Waals surface area contributed by atoms with Gasteiger partial charge in [-0.3, -0.25) is 4.90 Å². The van der Waals surface area contributed by atoms with Crippen molar-refractivity contribution in [2.24, 2.45) is 5.92 Å². The molecular formula is C17H26N2O3S. The molecule has 0 unspecified atom stereocenters. The lowest BCUT2D eigenvalue weighted by Crippen LogP contribution is -2.47. The Morgan fingerprint density at radius 1 is 1.22 bits per heavy atom. The molecule has 2 aliphatic rings. The van der Waals surface area contributed by atoms with Gasteiger partial charge in [-0.15, -0.1) is 0 Å². The third-order valence-corrected chi connectivity index (χ3v) is 6.14. The van der Waals surface area contributed by atoms with Crippen molar-refractivity contribution in [3.05, 3.63) is 35.9 Å². The molecule has 2 atom stereocenters. The normalized spacial score (nSPS) is 27.9. The summed E-state index contributed by atoms with van der Waals surface area (Å²) in [5, 5.41) is 0. The molecule has 2 fully saturated rings. The highest BCUT2D eigenvalue weighted by Gasteiger charge is 2.31. The summed E-state index contributed by atoms with van der Waals surface area (Å²) in [5.74, 6) is 0.405. The predicted octanol–water partition coefficient (Wildman–Crippen LogP) is 1.73. The van der Waals surface area contributed by atoms with Crippen LogP contribution in [0.15, 0.2) is 30.3 Å². The number of hydrogen-bond donors (Lipinski definition) is 0. The van der Waals surface area contributed by atoms with Crippen LogP contribution in [0.25, 0.3) is 0 Å². The molecule has 0 amide bonds. The van der Waals surface area contributed by atoms with Crippen molar-refractivity contribution < 1.29 is 13.2 Å². The smallest absolute Gasteiger partial charge is 0.211 e. The number of sulfonamides is 1. The van der Waals surface area contributed by atoms with Crippen LogP contribution < -0.4 is 0 Å². The fourth-order valence-corrected chi connectivity index (χ4v) is 4.59. The lowest BCUT2D eigenvalue weighted by molar-refractivity contribution is -0.0185. The van der Waals surface area contributed by atoms with Crippen molar-refractivity contribution in [2.75, 3.05) is 45.6 Å². The van der Waals surface area contributed by atoms with Crippen LogP contribution in [0.3, 0.4) is 0 Å². The molecule has 128 valence electrons. The Kier molecular flexibility index (Phi) is 5.36. The standard InChI is InChI=1S/C17H26N2O3S/c1-23(20,21)19-9-5-6-15(13-19)12-18-10-11-22-14-17(18)16-7-3-2-4-8-16/h2-4,7-8,15,17H,5-6,9-14H2,1H3/t15-,17-/m1/s1. The highest BCUT2D eigenvalue weighted by atomic mass is 32.2. The Balaban J connectivity index is 1.67. The molecule has 23 heavy (non-hydrogen) atoms. The molecule has 0 bridgehead atoms. The third kappa shape index (κ3) is 4.32. The molecule has 1 aromatic carbocycles. The van der Waals surface area contributed by atoms with Gasteiger partial charge >= 0.3 is 0 Å². The fraction of sp³-hybridized carbons (Fsp3) is 0.647. The van der Waals surface area contributed by atoms with E-state index in [4.69, 9.17) is 4.74 Å². The van der Waals surface area contributed by atoms with Crippen molar-refractivity contribution in [2.45, 2.75) is 18.9 Å². The number of rotatable bonds is 4. The molecule has 0 aliphatic carbocycles. The topological polar surface area (TPSA) is 49.9 Å². The molecule has 0 spiro atoms. The number of ether oxygens (including phenoxy) is 1. The van der Waals surface area contributed by atoms with E-state index in [0.717, 1.165) is 32.5 Å². The lowest BCUT2D eigenvalue weighted by atomic mass is 9.96. The zero-order valence-electron chi connectivity index (χ0n) is 13.7. The second-order valence-electron chi connectivity index (χ2n) is 6.63. The molecule has 0 radical (unpaired) electrons. The largest absolute Gasteiger partial charge is 0.378 e. The molecule has 2 heterocycles. The van der Waals surface area contributed by atoms with Gasteiger partial charge in [-0.1, -0.05) is 30.3 Å². The van der Waals surface area contributed by atoms with Gasteiger partial charge in [-0.05, 0) is 24.3 Å². The van der Waals surface area contributed by atoms with Crippen LogP contribution in [0.5, 0.6) is 0 Å². The van der Waals surface area contributed by atoms with Gasteiger partial charge in [0.2, 0.25) is 10.0 Å². The summed E-state index contributed by atoms with van der Waals surface area (Å²) in [7, 11) is -3.08. The zero-order chi connectivity index (χ0) is 16.3. The average molecular weight is 338 g/mol. The maximum Gasteiger partial charge on any atom is 0.211 e. The Labute approximate surface area is 139 Å². The van der Waals surface area contributed by atoms with Crippen LogP contribution in [0, 0.1) is 5.92 Å². The summed E-state index contributed by atoms with van der Waals surface area (Å²) in [6.45, 7) is 4.64. The highest BCUT2D eigenvalue weighted by molar-refractivity contribution is 7.88. The Morgan fingerprint density at radius 2 is 2.00 bits per heavy atom. The van der Waals surface area contributed by atoms with E-state index in [9.17, 15) is 8.42 Å². The number of benzene rings is 1. The van der Waals surface area contributed by atoms with Crippen LogP contribution in [-0.4, -0.2) is 63.3 Å². The van der Waals surface area contributed by atoms with Crippen molar-refractivity contribution >= 4 is 10.0 Å². The Hall–Kier alpha value is -0.950. The van der Waals surface area contributed by atoms with Gasteiger partial charge in [-0.2, -0.15) is 0 Å². The zero-order valence-corrected chi connectivity index (χ0v) is 14.5. The monoisotopic (exact) mass is 338 g/mol. The van der Waals surface area contributed by atoms with E-state index >= 15 is 0 Å². The van der Waals surface area contributed by atoms with Crippen LogP contribution in [0.1, 0.15) is 24.4 Å². The Bertz CT molecular complexity index is 606. The number of hydrogen-bond acceptors (Lipinski definition) is 4. The van der Waals surface area contributed by atoms with Gasteiger partial charge < -0.3 is 4.74 Å². The number of nitrogens with zero attached hydrogens (tertiary/aromatic N) is 2. The van der Waals surface area contributed by atoms with Crippen molar-refractivity contribution in [3.63, 3.8) is 0 Å². The van der Waals surface area contributed by atoms with Gasteiger partial charge in [0, 0.05) is 26.2 Å². The van der Waals surface area contributed by atoms with Crippen molar-refractivity contribution in [1.82, 2.24) is 9.21 Å². The lowest BCUT2D eigenvalue weighted by Gasteiger charge is -2.40. The minimum Gasteiger partial charge on any atom is -0.378 e. The van der Waals surface area contributed by atoms with Crippen molar-refractivity contribution in [1.29, 1.82) is 0 Å². The van der Waals surface area contributed by atoms with Crippen LogP contribution >= 0.6 is 0 Å². The first-order valence-electron chi connectivity index (χ1n) is 8.36. The van der Waals surface area contributed by atoms with E-state index < -0.39 is 10.0 Å². The number of morpholine rings is 1. The second-order valence-corrected chi connectivity index (χ2v) is 8.61. The van der Waals surface area contributed by atoms with Gasteiger partial charge in [-0.25, -0.2) is 12.7 Å². The van der Waals surface area contributed by atoms with E-state index in [1.165, 1.54) is 11.8 Å². The molecule has 3 rings (SSSR count). The minimum absolute atomic E-state index is 0.276. The number of piperidine rings is 1. The summed E-state index contributed by atoms with van der Waals surface area (Å²) < 4.78 is 30.9. The minimum atomic E-state index is -3.08. The van der Waals surface area contributed by atoms with Gasteiger partial charge in [0.05, 0.1) is 25.5 Å². The Morgan fingerprint density at radius 3 is 2.74 bits per heavy atom. The summed E-state index contributed by atoms with van der Waals surface area (Å²) >= 11 is 0. The van der Waals surface area contributed by atoms with E-state index in [1.54, 1.807) is 4.31 Å².